The normalized spacial score (nSPS) is 15.2. The molecule has 6 nitrogen and oxygen atoms in total. The number of urea groups is 1. The summed E-state index contributed by atoms with van der Waals surface area (Å²) in [7, 11) is 0. The van der Waals surface area contributed by atoms with Crippen molar-refractivity contribution in [1.29, 1.82) is 0 Å². The van der Waals surface area contributed by atoms with E-state index in [9.17, 15) is 22.8 Å². The Morgan fingerprint density at radius 1 is 1.03 bits per heavy atom. The number of piperidine rings is 1. The lowest BCUT2D eigenvalue weighted by molar-refractivity contribution is -0.136. The summed E-state index contributed by atoms with van der Waals surface area (Å²) < 4.78 is 40.8. The summed E-state index contributed by atoms with van der Waals surface area (Å²) in [5.74, 6) is 0.219. The van der Waals surface area contributed by atoms with E-state index in [2.05, 4.69) is 27.8 Å². The molecule has 1 fully saturated rings. The average Bonchev–Trinajstić information content (AvgIpc) is 2.79. The second kappa shape index (κ2) is 11.2. The van der Waals surface area contributed by atoms with Crippen LogP contribution in [0.4, 0.5) is 29.3 Å². The van der Waals surface area contributed by atoms with Crippen LogP contribution in [-0.4, -0.2) is 43.0 Å². The first-order valence-corrected chi connectivity index (χ1v) is 11.1. The van der Waals surface area contributed by atoms with Crippen LogP contribution in [0.1, 0.15) is 42.1 Å². The Balaban J connectivity index is 1.55. The number of likely N-dealkylation sites (tertiary alicyclic amines) is 1. The first-order chi connectivity index (χ1) is 15.7. The van der Waals surface area contributed by atoms with Gasteiger partial charge in [0.2, 0.25) is 0 Å². The Morgan fingerprint density at radius 3 is 2.39 bits per heavy atom. The Labute approximate surface area is 191 Å². The minimum atomic E-state index is -4.71. The number of nitrogens with zero attached hydrogens (tertiary/aromatic N) is 1. The lowest BCUT2D eigenvalue weighted by Crippen LogP contribution is -2.36. The fourth-order valence-corrected chi connectivity index (χ4v) is 3.72. The number of alkyl halides is 3. The Morgan fingerprint density at radius 2 is 1.73 bits per heavy atom. The van der Waals surface area contributed by atoms with Gasteiger partial charge < -0.3 is 20.9 Å². The zero-order valence-corrected chi connectivity index (χ0v) is 18.5. The van der Waals surface area contributed by atoms with Gasteiger partial charge in [0.15, 0.2) is 0 Å². The van der Waals surface area contributed by atoms with Crippen LogP contribution in [0.15, 0.2) is 48.5 Å². The molecule has 2 aromatic carbocycles. The lowest BCUT2D eigenvalue weighted by Gasteiger charge is -2.30. The highest BCUT2D eigenvalue weighted by Gasteiger charge is 2.34. The summed E-state index contributed by atoms with van der Waals surface area (Å²) in [4.78, 5) is 26.7. The molecular weight excluding hydrogens is 433 g/mol. The largest absolute Gasteiger partial charge is 0.418 e. The Bertz CT molecular complexity index is 942. The van der Waals surface area contributed by atoms with Crippen molar-refractivity contribution in [2.45, 2.75) is 32.4 Å². The standard InChI is InChI=1S/C24H29F3N4O2/c1-17-10-14-31(15-11-17)13-5-12-28-23(33)30-21-9-8-19(16-20(21)24(25,26)27)29-22(32)18-6-3-2-4-7-18/h2-4,6-9,16-17H,5,10-15H2,1H3,(H,29,32)(H2,28,30,33). The van der Waals surface area contributed by atoms with Gasteiger partial charge in [0.05, 0.1) is 11.3 Å². The van der Waals surface area contributed by atoms with Crippen LogP contribution in [0.2, 0.25) is 0 Å². The summed E-state index contributed by atoms with van der Waals surface area (Å²) in [5.41, 5.74) is -1.10. The highest BCUT2D eigenvalue weighted by molar-refractivity contribution is 6.04. The zero-order valence-electron chi connectivity index (χ0n) is 18.5. The number of rotatable bonds is 7. The molecule has 0 bridgehead atoms. The minimum Gasteiger partial charge on any atom is -0.338 e. The molecular formula is C24H29F3N4O2. The molecule has 3 amide bonds. The van der Waals surface area contributed by atoms with Gasteiger partial charge in [-0.3, -0.25) is 4.79 Å². The van der Waals surface area contributed by atoms with E-state index in [0.717, 1.165) is 56.9 Å². The van der Waals surface area contributed by atoms with E-state index in [0.29, 0.717) is 12.1 Å². The second-order valence-electron chi connectivity index (χ2n) is 8.34. The van der Waals surface area contributed by atoms with Crippen molar-refractivity contribution in [3.05, 3.63) is 59.7 Å². The molecule has 0 aromatic heterocycles. The van der Waals surface area contributed by atoms with Crippen LogP contribution in [0.3, 0.4) is 0 Å². The summed E-state index contributed by atoms with van der Waals surface area (Å²) in [5, 5.41) is 7.34. The van der Waals surface area contributed by atoms with Crippen LogP contribution >= 0.6 is 0 Å². The molecule has 33 heavy (non-hydrogen) atoms. The number of hydrogen-bond acceptors (Lipinski definition) is 3. The van der Waals surface area contributed by atoms with Gasteiger partial charge in [0.1, 0.15) is 0 Å². The number of halogens is 3. The lowest BCUT2D eigenvalue weighted by atomic mass is 9.99. The smallest absolute Gasteiger partial charge is 0.338 e. The van der Waals surface area contributed by atoms with Gasteiger partial charge >= 0.3 is 12.2 Å². The molecule has 0 saturated carbocycles. The maximum Gasteiger partial charge on any atom is 0.418 e. The molecule has 1 saturated heterocycles. The third-order valence-corrected chi connectivity index (χ3v) is 5.68. The first kappa shape index (κ1) is 24.6. The quantitative estimate of drug-likeness (QED) is 0.495. The van der Waals surface area contributed by atoms with Crippen molar-refractivity contribution in [3.8, 4) is 0 Å². The van der Waals surface area contributed by atoms with Gasteiger partial charge in [-0.05, 0) is 75.1 Å². The van der Waals surface area contributed by atoms with Gasteiger partial charge in [0.25, 0.3) is 5.91 Å². The van der Waals surface area contributed by atoms with E-state index in [-0.39, 0.29) is 11.4 Å². The predicted octanol–water partition coefficient (Wildman–Crippen LogP) is 5.20. The van der Waals surface area contributed by atoms with Crippen molar-refractivity contribution in [1.82, 2.24) is 10.2 Å². The molecule has 0 radical (unpaired) electrons. The van der Waals surface area contributed by atoms with Crippen molar-refractivity contribution in [2.75, 3.05) is 36.8 Å². The summed E-state index contributed by atoms with van der Waals surface area (Å²) in [6.45, 7) is 5.52. The number of carbonyl (C=O) groups is 2. The van der Waals surface area contributed by atoms with Crippen LogP contribution < -0.4 is 16.0 Å². The molecule has 1 heterocycles. The van der Waals surface area contributed by atoms with Crippen molar-refractivity contribution in [2.24, 2.45) is 5.92 Å². The van der Waals surface area contributed by atoms with Crippen LogP contribution in [0, 0.1) is 5.92 Å². The number of nitrogens with one attached hydrogen (secondary N) is 3. The topological polar surface area (TPSA) is 73.5 Å². The number of carbonyl (C=O) groups excluding carboxylic acids is 2. The molecule has 0 unspecified atom stereocenters. The zero-order chi connectivity index (χ0) is 23.8. The van der Waals surface area contributed by atoms with Gasteiger partial charge in [-0.1, -0.05) is 25.1 Å². The van der Waals surface area contributed by atoms with Crippen molar-refractivity contribution >= 4 is 23.3 Å². The molecule has 0 atom stereocenters. The van der Waals surface area contributed by atoms with Gasteiger partial charge in [-0.2, -0.15) is 13.2 Å². The van der Waals surface area contributed by atoms with E-state index >= 15 is 0 Å². The van der Waals surface area contributed by atoms with Crippen molar-refractivity contribution in [3.63, 3.8) is 0 Å². The molecule has 1 aliphatic rings. The molecule has 3 rings (SSSR count). The van der Waals surface area contributed by atoms with Gasteiger partial charge in [-0.15, -0.1) is 0 Å². The van der Waals surface area contributed by atoms with E-state index < -0.39 is 23.7 Å². The fraction of sp³-hybridized carbons (Fsp3) is 0.417. The molecule has 2 aromatic rings. The van der Waals surface area contributed by atoms with Crippen LogP contribution in [0.5, 0.6) is 0 Å². The molecule has 9 heteroatoms. The SMILES string of the molecule is CC1CCN(CCCNC(=O)Nc2ccc(NC(=O)c3ccccc3)cc2C(F)(F)F)CC1. The van der Waals surface area contributed by atoms with Gasteiger partial charge in [0, 0.05) is 17.8 Å². The van der Waals surface area contributed by atoms with E-state index in [4.69, 9.17) is 0 Å². The van der Waals surface area contributed by atoms with E-state index in [1.807, 2.05) is 0 Å². The monoisotopic (exact) mass is 462 g/mol. The van der Waals surface area contributed by atoms with Crippen molar-refractivity contribution < 1.29 is 22.8 Å². The Hall–Kier alpha value is -3.07. The number of hydrogen-bond donors (Lipinski definition) is 3. The molecule has 178 valence electrons. The van der Waals surface area contributed by atoms with Crippen LogP contribution in [0.25, 0.3) is 0 Å². The average molecular weight is 463 g/mol. The summed E-state index contributed by atoms with van der Waals surface area (Å²) >= 11 is 0. The van der Waals surface area contributed by atoms with E-state index in [1.165, 1.54) is 6.07 Å². The maximum absolute atomic E-state index is 13.6. The Kier molecular flexibility index (Phi) is 8.32. The minimum absolute atomic E-state index is 0.0158. The second-order valence-corrected chi connectivity index (χ2v) is 8.34. The van der Waals surface area contributed by atoms with Gasteiger partial charge in [-0.25, -0.2) is 4.79 Å². The first-order valence-electron chi connectivity index (χ1n) is 11.1. The highest BCUT2D eigenvalue weighted by Crippen LogP contribution is 2.36. The molecule has 0 spiro atoms. The maximum atomic E-state index is 13.6. The number of anilines is 2. The predicted molar refractivity (Wildman–Crippen MR) is 122 cm³/mol. The third kappa shape index (κ3) is 7.49. The molecule has 1 aliphatic heterocycles. The number of amides is 3. The summed E-state index contributed by atoms with van der Waals surface area (Å²) in [6, 6.07) is 10.8. The third-order valence-electron chi connectivity index (χ3n) is 5.68. The molecule has 0 aliphatic carbocycles. The molecule has 3 N–H and O–H groups in total. The fourth-order valence-electron chi connectivity index (χ4n) is 3.72. The van der Waals surface area contributed by atoms with E-state index in [1.54, 1.807) is 30.3 Å². The number of benzene rings is 2. The summed E-state index contributed by atoms with van der Waals surface area (Å²) in [6.07, 6.45) is -1.66. The van der Waals surface area contributed by atoms with Crippen LogP contribution in [-0.2, 0) is 6.18 Å². The highest BCUT2D eigenvalue weighted by atomic mass is 19.4.